The molecule has 3 rings (SSSR count). The number of benzene rings is 2. The molecule has 10 heteroatoms. The Labute approximate surface area is 177 Å². The second-order valence-corrected chi connectivity index (χ2v) is 8.26. The van der Waals surface area contributed by atoms with Crippen LogP contribution in [0, 0.1) is 0 Å². The van der Waals surface area contributed by atoms with Crippen molar-refractivity contribution in [3.8, 4) is 0 Å². The highest BCUT2D eigenvalue weighted by Gasteiger charge is 2.28. The number of sulfonamides is 1. The Hall–Kier alpha value is -3.24. The molecular weight excluding hydrogens is 431 g/mol. The maximum atomic E-state index is 13.0. The van der Waals surface area contributed by atoms with Crippen molar-refractivity contribution in [1.82, 2.24) is 15.0 Å². The lowest BCUT2D eigenvalue weighted by Gasteiger charge is -2.19. The number of halogens is 3. The summed E-state index contributed by atoms with van der Waals surface area (Å²) < 4.78 is 65.6. The molecule has 1 aromatic heterocycles. The van der Waals surface area contributed by atoms with Crippen LogP contribution in [0.25, 0.3) is 0 Å². The molecule has 1 heterocycles. The molecule has 162 valence electrons. The molecule has 0 aliphatic heterocycles. The number of pyridine rings is 1. The Bertz CT molecular complexity index is 1100. The number of hydrogen-bond donors (Lipinski definition) is 2. The minimum absolute atomic E-state index is 0.207. The normalized spacial score (nSPS) is 12.9. The quantitative estimate of drug-likeness (QED) is 0.579. The van der Waals surface area contributed by atoms with E-state index in [-0.39, 0.29) is 10.5 Å². The van der Waals surface area contributed by atoms with Crippen LogP contribution in [0.5, 0.6) is 0 Å². The summed E-state index contributed by atoms with van der Waals surface area (Å²) in [6.07, 6.45) is -3.04. The Morgan fingerprint density at radius 2 is 1.68 bits per heavy atom. The van der Waals surface area contributed by atoms with E-state index < -0.39 is 34.7 Å². The van der Waals surface area contributed by atoms with Gasteiger partial charge in [0.25, 0.3) is 5.91 Å². The molecule has 2 aromatic carbocycles. The Morgan fingerprint density at radius 3 is 2.32 bits per heavy atom. The number of hydrogen-bond acceptors (Lipinski definition) is 4. The fourth-order valence-electron chi connectivity index (χ4n) is 2.80. The lowest BCUT2D eigenvalue weighted by Crippen LogP contribution is -2.34. The molecule has 0 radical (unpaired) electrons. The second kappa shape index (κ2) is 9.27. The first-order valence-electron chi connectivity index (χ1n) is 9.09. The minimum atomic E-state index is -4.58. The Morgan fingerprint density at radius 1 is 0.968 bits per heavy atom. The Kier molecular flexibility index (Phi) is 6.71. The molecule has 1 unspecified atom stereocenters. The van der Waals surface area contributed by atoms with Crippen LogP contribution in [0.15, 0.2) is 83.9 Å². The van der Waals surface area contributed by atoms with E-state index in [1.54, 1.807) is 53.8 Å². The summed E-state index contributed by atoms with van der Waals surface area (Å²) in [5.74, 6) is -1.03. The van der Waals surface area contributed by atoms with Crippen molar-refractivity contribution >= 4 is 15.9 Å². The molecule has 6 nitrogen and oxygen atoms in total. The molecule has 31 heavy (non-hydrogen) atoms. The van der Waals surface area contributed by atoms with Crippen molar-refractivity contribution in [2.75, 3.05) is 6.54 Å². The summed E-state index contributed by atoms with van der Waals surface area (Å²) >= 11 is 0. The third-order valence-electron chi connectivity index (χ3n) is 4.25. The van der Waals surface area contributed by atoms with E-state index in [4.69, 9.17) is 0 Å². The molecule has 0 bridgehead atoms. The van der Waals surface area contributed by atoms with Crippen molar-refractivity contribution in [3.63, 3.8) is 0 Å². The van der Waals surface area contributed by atoms with Crippen molar-refractivity contribution in [2.45, 2.75) is 17.1 Å². The highest BCUT2D eigenvalue weighted by atomic mass is 32.2. The number of aromatic nitrogens is 1. The van der Waals surface area contributed by atoms with Crippen LogP contribution in [0.1, 0.15) is 27.7 Å². The molecule has 2 N–H and O–H groups in total. The van der Waals surface area contributed by atoms with Crippen LogP contribution in [0.3, 0.4) is 0 Å². The highest BCUT2D eigenvalue weighted by Crippen LogP contribution is 2.23. The van der Waals surface area contributed by atoms with E-state index in [1.165, 1.54) is 24.4 Å². The van der Waals surface area contributed by atoms with E-state index in [2.05, 4.69) is 9.71 Å². The molecule has 1 atom stereocenters. The second-order valence-electron chi connectivity index (χ2n) is 6.55. The fraction of sp³-hybridized carbons (Fsp3) is 0.143. The zero-order chi connectivity index (χ0) is 22.5. The van der Waals surface area contributed by atoms with Gasteiger partial charge in [0.15, 0.2) is 0 Å². The molecule has 0 aliphatic rings. The SMILES string of the molecule is O=C(NCC(F)(F)F)c1cccc(S(=O)(=O)NC(c2ccccc2)c2ccccn2)c1. The molecule has 0 saturated carbocycles. The predicted molar refractivity (Wildman–Crippen MR) is 108 cm³/mol. The molecule has 0 spiro atoms. The van der Waals surface area contributed by atoms with Gasteiger partial charge in [0.05, 0.1) is 16.6 Å². The highest BCUT2D eigenvalue weighted by molar-refractivity contribution is 7.89. The molecular formula is C21H18F3N3O3S. The topological polar surface area (TPSA) is 88.2 Å². The fourth-order valence-corrected chi connectivity index (χ4v) is 4.04. The van der Waals surface area contributed by atoms with Crippen LogP contribution in [-0.4, -0.2) is 32.0 Å². The van der Waals surface area contributed by atoms with Gasteiger partial charge in [0.2, 0.25) is 10.0 Å². The first-order chi connectivity index (χ1) is 14.7. The van der Waals surface area contributed by atoms with Crippen LogP contribution >= 0.6 is 0 Å². The van der Waals surface area contributed by atoms with Gasteiger partial charge in [-0.15, -0.1) is 0 Å². The van der Waals surface area contributed by atoms with Gasteiger partial charge in [-0.25, -0.2) is 8.42 Å². The number of carbonyl (C=O) groups excluding carboxylic acids is 1. The first kappa shape index (κ1) is 22.4. The zero-order valence-corrected chi connectivity index (χ0v) is 16.8. The molecule has 0 saturated heterocycles. The molecule has 0 fully saturated rings. The summed E-state index contributed by atoms with van der Waals surface area (Å²) in [5, 5.41) is 1.72. The van der Waals surface area contributed by atoms with E-state index in [0.29, 0.717) is 11.3 Å². The number of nitrogens with one attached hydrogen (secondary N) is 2. The van der Waals surface area contributed by atoms with Gasteiger partial charge in [0, 0.05) is 11.8 Å². The summed E-state index contributed by atoms with van der Waals surface area (Å²) in [4.78, 5) is 16.0. The van der Waals surface area contributed by atoms with Crippen molar-refractivity contribution in [1.29, 1.82) is 0 Å². The van der Waals surface area contributed by atoms with Crippen LogP contribution in [0.4, 0.5) is 13.2 Å². The number of amides is 1. The summed E-state index contributed by atoms with van der Waals surface area (Å²) in [6, 6.07) is 17.8. The average Bonchev–Trinajstić information content (AvgIpc) is 2.76. The first-order valence-corrected chi connectivity index (χ1v) is 10.6. The average molecular weight is 449 g/mol. The van der Waals surface area contributed by atoms with Gasteiger partial charge in [-0.05, 0) is 35.9 Å². The number of carbonyl (C=O) groups is 1. The molecule has 0 aliphatic carbocycles. The lowest BCUT2D eigenvalue weighted by atomic mass is 10.0. The Balaban J connectivity index is 1.89. The van der Waals surface area contributed by atoms with Gasteiger partial charge in [-0.3, -0.25) is 9.78 Å². The third kappa shape index (κ3) is 6.12. The van der Waals surface area contributed by atoms with E-state index in [9.17, 15) is 26.4 Å². The summed E-state index contributed by atoms with van der Waals surface area (Å²) in [6.45, 7) is -1.52. The zero-order valence-electron chi connectivity index (χ0n) is 16.0. The van der Waals surface area contributed by atoms with Crippen LogP contribution < -0.4 is 10.0 Å². The van der Waals surface area contributed by atoms with E-state index in [0.717, 1.165) is 6.07 Å². The van der Waals surface area contributed by atoms with Crippen LogP contribution in [-0.2, 0) is 10.0 Å². The van der Waals surface area contributed by atoms with Gasteiger partial charge < -0.3 is 5.32 Å². The predicted octanol–water partition coefficient (Wildman–Crippen LogP) is 3.44. The standard InChI is InChI=1S/C21H18F3N3O3S/c22-21(23,24)14-26-20(28)16-9-6-10-17(13-16)31(29,30)27-19(15-7-2-1-3-8-15)18-11-4-5-12-25-18/h1-13,19,27H,14H2,(H,26,28). The minimum Gasteiger partial charge on any atom is -0.343 e. The smallest absolute Gasteiger partial charge is 0.343 e. The van der Waals surface area contributed by atoms with E-state index in [1.807, 2.05) is 0 Å². The van der Waals surface area contributed by atoms with Gasteiger partial charge in [0.1, 0.15) is 6.54 Å². The third-order valence-corrected chi connectivity index (χ3v) is 5.67. The van der Waals surface area contributed by atoms with Gasteiger partial charge in [-0.1, -0.05) is 42.5 Å². The monoisotopic (exact) mass is 449 g/mol. The number of nitrogens with zero attached hydrogens (tertiary/aromatic N) is 1. The lowest BCUT2D eigenvalue weighted by molar-refractivity contribution is -0.123. The van der Waals surface area contributed by atoms with Crippen molar-refractivity contribution < 1.29 is 26.4 Å². The van der Waals surface area contributed by atoms with Crippen molar-refractivity contribution in [3.05, 3.63) is 95.8 Å². The summed E-state index contributed by atoms with van der Waals surface area (Å²) in [5.41, 5.74) is 0.890. The van der Waals surface area contributed by atoms with E-state index >= 15 is 0 Å². The number of alkyl halides is 3. The maximum absolute atomic E-state index is 13.0. The molecule has 1 amide bonds. The van der Waals surface area contributed by atoms with Crippen LogP contribution in [0.2, 0.25) is 0 Å². The van der Waals surface area contributed by atoms with Gasteiger partial charge in [-0.2, -0.15) is 17.9 Å². The summed E-state index contributed by atoms with van der Waals surface area (Å²) in [7, 11) is -4.15. The van der Waals surface area contributed by atoms with Gasteiger partial charge >= 0.3 is 6.18 Å². The largest absolute Gasteiger partial charge is 0.405 e. The molecule has 3 aromatic rings. The number of rotatable bonds is 7. The van der Waals surface area contributed by atoms with Crippen molar-refractivity contribution in [2.24, 2.45) is 0 Å². The maximum Gasteiger partial charge on any atom is 0.405 e.